The molecule has 5 heteroatoms. The molecule has 4 nitrogen and oxygen atoms in total. The van der Waals surface area contributed by atoms with Crippen LogP contribution in [0.25, 0.3) is 0 Å². The fourth-order valence-electron chi connectivity index (χ4n) is 2.21. The van der Waals surface area contributed by atoms with E-state index in [2.05, 4.69) is 5.32 Å². The van der Waals surface area contributed by atoms with Crippen molar-refractivity contribution >= 4 is 11.6 Å². The Morgan fingerprint density at radius 2 is 1.70 bits per heavy atom. The van der Waals surface area contributed by atoms with E-state index in [0.29, 0.717) is 29.6 Å². The summed E-state index contributed by atoms with van der Waals surface area (Å²) in [5.41, 5.74) is 0.955. The summed E-state index contributed by atoms with van der Waals surface area (Å²) in [5, 5.41) is 3.99. The number of nitrogens with one attached hydrogen (secondary N) is 1. The molecule has 0 radical (unpaired) electrons. The molecule has 1 atom stereocenters. The summed E-state index contributed by atoms with van der Waals surface area (Å²) < 4.78 is 16.4. The summed E-state index contributed by atoms with van der Waals surface area (Å²) in [4.78, 5) is 0. The van der Waals surface area contributed by atoms with Gasteiger partial charge < -0.3 is 19.5 Å². The van der Waals surface area contributed by atoms with Gasteiger partial charge >= 0.3 is 0 Å². The minimum absolute atomic E-state index is 0.0521. The highest BCUT2D eigenvalue weighted by Crippen LogP contribution is 2.32. The maximum Gasteiger partial charge on any atom is 0.162 e. The molecule has 0 amide bonds. The predicted octanol–water partition coefficient (Wildman–Crippen LogP) is 3.91. The number of methoxy groups -OCH3 is 2. The van der Waals surface area contributed by atoms with E-state index in [1.807, 2.05) is 43.3 Å². The lowest BCUT2D eigenvalue weighted by Gasteiger charge is -2.16. The molecule has 2 aromatic rings. The topological polar surface area (TPSA) is 39.7 Å². The molecule has 0 saturated heterocycles. The highest BCUT2D eigenvalue weighted by molar-refractivity contribution is 6.31. The Hall–Kier alpha value is -1.91. The minimum Gasteiger partial charge on any atom is -0.493 e. The van der Waals surface area contributed by atoms with Crippen molar-refractivity contribution in [1.29, 1.82) is 0 Å². The van der Waals surface area contributed by atoms with E-state index >= 15 is 0 Å². The predicted molar refractivity (Wildman–Crippen MR) is 92.8 cm³/mol. The number of hydrogen-bond donors (Lipinski definition) is 1. The van der Waals surface area contributed by atoms with Crippen molar-refractivity contribution in [2.45, 2.75) is 19.6 Å². The van der Waals surface area contributed by atoms with Crippen molar-refractivity contribution in [3.8, 4) is 17.2 Å². The van der Waals surface area contributed by atoms with Gasteiger partial charge in [-0.2, -0.15) is 0 Å². The second-order valence-corrected chi connectivity index (χ2v) is 5.58. The van der Waals surface area contributed by atoms with Gasteiger partial charge in [0, 0.05) is 24.2 Å². The Kier molecular flexibility index (Phi) is 6.56. The lowest BCUT2D eigenvalue weighted by Crippen LogP contribution is -2.28. The number of ether oxygens (including phenoxy) is 3. The zero-order chi connectivity index (χ0) is 16.7. The van der Waals surface area contributed by atoms with Crippen LogP contribution in [-0.2, 0) is 6.54 Å². The molecule has 2 rings (SSSR count). The van der Waals surface area contributed by atoms with Gasteiger partial charge in [0.05, 0.1) is 14.2 Å². The molecule has 0 spiro atoms. The second kappa shape index (κ2) is 8.65. The molecule has 0 saturated carbocycles. The fourth-order valence-corrected chi connectivity index (χ4v) is 2.44. The largest absolute Gasteiger partial charge is 0.493 e. The van der Waals surface area contributed by atoms with Crippen LogP contribution >= 0.6 is 11.6 Å². The van der Waals surface area contributed by atoms with Crippen LogP contribution in [0.4, 0.5) is 0 Å². The van der Waals surface area contributed by atoms with Gasteiger partial charge in [0.15, 0.2) is 11.5 Å². The lowest BCUT2D eigenvalue weighted by atomic mass is 10.2. The third-order valence-corrected chi connectivity index (χ3v) is 3.73. The maximum atomic E-state index is 6.28. The molecule has 2 aromatic carbocycles. The first-order valence-electron chi connectivity index (χ1n) is 7.47. The SMILES string of the molecule is COc1cc(Cl)c(CNCC(C)Oc2ccccc2)cc1OC. The molecular formula is C18H22ClNO3. The Labute approximate surface area is 142 Å². The first kappa shape index (κ1) is 17.4. The van der Waals surface area contributed by atoms with Crippen molar-refractivity contribution in [1.82, 2.24) is 5.32 Å². The van der Waals surface area contributed by atoms with Crippen LogP contribution in [0.2, 0.25) is 5.02 Å². The summed E-state index contributed by atoms with van der Waals surface area (Å²) >= 11 is 6.28. The summed E-state index contributed by atoms with van der Waals surface area (Å²) in [6.45, 7) is 3.36. The van der Waals surface area contributed by atoms with E-state index in [9.17, 15) is 0 Å². The zero-order valence-electron chi connectivity index (χ0n) is 13.6. The standard InChI is InChI=1S/C18H22ClNO3/c1-13(23-15-7-5-4-6-8-15)11-20-12-14-9-17(21-2)18(22-3)10-16(14)19/h4-10,13,20H,11-12H2,1-3H3. The molecule has 1 N–H and O–H groups in total. The average molecular weight is 336 g/mol. The van der Waals surface area contributed by atoms with Crippen LogP contribution in [0, 0.1) is 0 Å². The molecule has 124 valence electrons. The van der Waals surface area contributed by atoms with Crippen LogP contribution in [0.15, 0.2) is 42.5 Å². The molecule has 0 aliphatic carbocycles. The van der Waals surface area contributed by atoms with Crippen molar-refractivity contribution in [2.75, 3.05) is 20.8 Å². The van der Waals surface area contributed by atoms with Crippen molar-refractivity contribution in [3.63, 3.8) is 0 Å². The van der Waals surface area contributed by atoms with Gasteiger partial charge in [0.25, 0.3) is 0 Å². The molecule has 0 heterocycles. The Balaban J connectivity index is 1.88. The third-order valence-electron chi connectivity index (χ3n) is 3.38. The molecule has 0 aromatic heterocycles. The normalized spacial score (nSPS) is 11.8. The number of halogens is 1. The quantitative estimate of drug-likeness (QED) is 0.794. The van der Waals surface area contributed by atoms with Crippen molar-refractivity contribution < 1.29 is 14.2 Å². The van der Waals surface area contributed by atoms with Gasteiger partial charge in [0.1, 0.15) is 11.9 Å². The first-order chi connectivity index (χ1) is 11.1. The zero-order valence-corrected chi connectivity index (χ0v) is 14.4. The monoisotopic (exact) mass is 335 g/mol. The minimum atomic E-state index is 0.0521. The summed E-state index contributed by atoms with van der Waals surface area (Å²) in [6.07, 6.45) is 0.0521. The number of rotatable bonds is 8. The fraction of sp³-hybridized carbons (Fsp3) is 0.333. The number of para-hydroxylation sites is 1. The van der Waals surface area contributed by atoms with Crippen LogP contribution in [-0.4, -0.2) is 26.9 Å². The Morgan fingerprint density at radius 1 is 1.04 bits per heavy atom. The highest BCUT2D eigenvalue weighted by Gasteiger charge is 2.10. The number of hydrogen-bond acceptors (Lipinski definition) is 4. The van der Waals surface area contributed by atoms with Gasteiger partial charge in [-0.15, -0.1) is 0 Å². The second-order valence-electron chi connectivity index (χ2n) is 5.17. The highest BCUT2D eigenvalue weighted by atomic mass is 35.5. The lowest BCUT2D eigenvalue weighted by molar-refractivity contribution is 0.217. The van der Waals surface area contributed by atoms with E-state index in [0.717, 1.165) is 11.3 Å². The number of benzene rings is 2. The maximum absolute atomic E-state index is 6.28. The molecule has 0 fully saturated rings. The van der Waals surface area contributed by atoms with Gasteiger partial charge in [-0.1, -0.05) is 29.8 Å². The Morgan fingerprint density at radius 3 is 2.35 bits per heavy atom. The van der Waals surface area contributed by atoms with Crippen LogP contribution < -0.4 is 19.5 Å². The van der Waals surface area contributed by atoms with E-state index in [1.165, 1.54) is 0 Å². The summed E-state index contributed by atoms with van der Waals surface area (Å²) in [5.74, 6) is 2.16. The van der Waals surface area contributed by atoms with Gasteiger partial charge in [-0.3, -0.25) is 0 Å². The smallest absolute Gasteiger partial charge is 0.162 e. The van der Waals surface area contributed by atoms with Gasteiger partial charge in [0.2, 0.25) is 0 Å². The molecule has 23 heavy (non-hydrogen) atoms. The summed E-state index contributed by atoms with van der Waals surface area (Å²) in [7, 11) is 3.20. The molecule has 0 bridgehead atoms. The van der Waals surface area contributed by atoms with Gasteiger partial charge in [-0.25, -0.2) is 0 Å². The molecule has 1 unspecified atom stereocenters. The van der Waals surface area contributed by atoms with E-state index in [-0.39, 0.29) is 6.10 Å². The molecule has 0 aliphatic rings. The van der Waals surface area contributed by atoms with E-state index in [4.69, 9.17) is 25.8 Å². The van der Waals surface area contributed by atoms with Crippen LogP contribution in [0.3, 0.4) is 0 Å². The van der Waals surface area contributed by atoms with Gasteiger partial charge in [-0.05, 0) is 30.7 Å². The van der Waals surface area contributed by atoms with Crippen molar-refractivity contribution in [3.05, 3.63) is 53.1 Å². The summed E-state index contributed by atoms with van der Waals surface area (Å²) in [6, 6.07) is 13.4. The van der Waals surface area contributed by atoms with Crippen LogP contribution in [0.5, 0.6) is 17.2 Å². The first-order valence-corrected chi connectivity index (χ1v) is 7.84. The third kappa shape index (κ3) is 5.05. The Bertz CT molecular complexity index is 619. The van der Waals surface area contributed by atoms with Crippen LogP contribution in [0.1, 0.15) is 12.5 Å². The molecule has 0 aliphatic heterocycles. The average Bonchev–Trinajstić information content (AvgIpc) is 2.56. The van der Waals surface area contributed by atoms with E-state index < -0.39 is 0 Å². The van der Waals surface area contributed by atoms with Crippen molar-refractivity contribution in [2.24, 2.45) is 0 Å². The van der Waals surface area contributed by atoms with E-state index in [1.54, 1.807) is 20.3 Å². The molecular weight excluding hydrogens is 314 g/mol.